The van der Waals surface area contributed by atoms with E-state index in [-0.39, 0.29) is 0 Å². The van der Waals surface area contributed by atoms with Gasteiger partial charge in [-0.3, -0.25) is 0 Å². The quantitative estimate of drug-likeness (QED) is 0.701. The summed E-state index contributed by atoms with van der Waals surface area (Å²) in [6.45, 7) is 1.09. The van der Waals surface area contributed by atoms with E-state index >= 15 is 0 Å². The molecule has 1 aromatic heterocycles. The molecule has 0 spiro atoms. The Morgan fingerprint density at radius 3 is 3.00 bits per heavy atom. The van der Waals surface area contributed by atoms with Gasteiger partial charge in [0, 0.05) is 14.2 Å². The van der Waals surface area contributed by atoms with Crippen molar-refractivity contribution < 1.29 is 9.47 Å². The monoisotopic (exact) mass is 207 g/mol. The van der Waals surface area contributed by atoms with Crippen LogP contribution in [0.3, 0.4) is 0 Å². The van der Waals surface area contributed by atoms with E-state index in [1.165, 1.54) is 0 Å². The maximum absolute atomic E-state index is 5.53. The van der Waals surface area contributed by atoms with E-state index in [2.05, 4.69) is 10.3 Å². The fraction of sp³-hybridized carbons (Fsp3) is 0.400. The van der Waals surface area contributed by atoms with Crippen molar-refractivity contribution in [3.63, 3.8) is 0 Å². The summed E-state index contributed by atoms with van der Waals surface area (Å²) in [6.07, 6.45) is 0. The third-order valence-electron chi connectivity index (χ3n) is 2.15. The number of hydrogen-bond acceptors (Lipinski definition) is 4. The number of aromatic nitrogens is 3. The van der Waals surface area contributed by atoms with Crippen LogP contribution in [0.25, 0.3) is 11.0 Å². The molecule has 80 valence electrons. The van der Waals surface area contributed by atoms with Crippen LogP contribution in [0.4, 0.5) is 0 Å². The van der Waals surface area contributed by atoms with Gasteiger partial charge in [-0.15, -0.1) is 5.10 Å². The number of rotatable bonds is 4. The standard InChI is InChI=1S/C10H13N3O2/c1-13-8-4-3-5-9(10(8)11-12-13)15-7-6-14-2/h3-5H,6-7H2,1-2H3. The summed E-state index contributed by atoms with van der Waals surface area (Å²) < 4.78 is 12.2. The lowest BCUT2D eigenvalue weighted by atomic mass is 10.3. The Hall–Kier alpha value is -1.62. The molecule has 15 heavy (non-hydrogen) atoms. The van der Waals surface area contributed by atoms with Gasteiger partial charge in [0.25, 0.3) is 0 Å². The van der Waals surface area contributed by atoms with Crippen LogP contribution in [0.2, 0.25) is 0 Å². The molecule has 1 aromatic carbocycles. The van der Waals surface area contributed by atoms with Crippen molar-refractivity contribution in [1.82, 2.24) is 15.0 Å². The molecule has 2 rings (SSSR count). The van der Waals surface area contributed by atoms with Gasteiger partial charge in [0.2, 0.25) is 0 Å². The minimum atomic E-state index is 0.520. The average Bonchev–Trinajstić information content (AvgIpc) is 2.62. The van der Waals surface area contributed by atoms with Crippen LogP contribution in [0.1, 0.15) is 0 Å². The van der Waals surface area contributed by atoms with Gasteiger partial charge in [-0.25, -0.2) is 4.68 Å². The minimum Gasteiger partial charge on any atom is -0.489 e. The molecule has 1 heterocycles. The third kappa shape index (κ3) is 1.92. The van der Waals surface area contributed by atoms with Crippen LogP contribution in [-0.4, -0.2) is 35.3 Å². The van der Waals surface area contributed by atoms with Crippen molar-refractivity contribution in [3.05, 3.63) is 18.2 Å². The van der Waals surface area contributed by atoms with Crippen molar-refractivity contribution in [1.29, 1.82) is 0 Å². The molecule has 0 N–H and O–H groups in total. The lowest BCUT2D eigenvalue weighted by Gasteiger charge is -2.05. The first-order valence-electron chi connectivity index (χ1n) is 4.73. The molecular weight excluding hydrogens is 194 g/mol. The van der Waals surface area contributed by atoms with Gasteiger partial charge in [-0.1, -0.05) is 11.3 Å². The Bertz CT molecular complexity index is 453. The molecule has 0 radical (unpaired) electrons. The lowest BCUT2D eigenvalue weighted by molar-refractivity contribution is 0.147. The largest absolute Gasteiger partial charge is 0.489 e. The van der Waals surface area contributed by atoms with E-state index < -0.39 is 0 Å². The molecule has 0 amide bonds. The highest BCUT2D eigenvalue weighted by atomic mass is 16.5. The Morgan fingerprint density at radius 1 is 1.33 bits per heavy atom. The third-order valence-corrected chi connectivity index (χ3v) is 2.15. The second-order valence-electron chi connectivity index (χ2n) is 3.18. The Balaban J connectivity index is 2.26. The predicted molar refractivity (Wildman–Crippen MR) is 55.9 cm³/mol. The van der Waals surface area contributed by atoms with Crippen LogP contribution < -0.4 is 4.74 Å². The molecule has 0 aliphatic carbocycles. The second-order valence-corrected chi connectivity index (χ2v) is 3.18. The molecule has 0 saturated heterocycles. The SMILES string of the molecule is COCCOc1cccc2c1nnn2C. The van der Waals surface area contributed by atoms with Crippen molar-refractivity contribution in [2.24, 2.45) is 7.05 Å². The molecule has 2 aromatic rings. The fourth-order valence-electron chi connectivity index (χ4n) is 1.38. The number of hydrogen-bond donors (Lipinski definition) is 0. The Kier molecular flexibility index (Phi) is 2.82. The zero-order valence-electron chi connectivity index (χ0n) is 8.80. The fourth-order valence-corrected chi connectivity index (χ4v) is 1.38. The first-order valence-corrected chi connectivity index (χ1v) is 4.73. The van der Waals surface area contributed by atoms with Crippen molar-refractivity contribution in [3.8, 4) is 5.75 Å². The van der Waals surface area contributed by atoms with E-state index in [4.69, 9.17) is 9.47 Å². The van der Waals surface area contributed by atoms with Gasteiger partial charge in [0.1, 0.15) is 12.4 Å². The van der Waals surface area contributed by atoms with E-state index in [0.717, 1.165) is 16.8 Å². The summed E-state index contributed by atoms with van der Waals surface area (Å²) in [5.41, 5.74) is 1.75. The number of aryl methyl sites for hydroxylation is 1. The topological polar surface area (TPSA) is 49.2 Å². The summed E-state index contributed by atoms with van der Waals surface area (Å²) in [5.74, 6) is 0.748. The van der Waals surface area contributed by atoms with Crippen LogP contribution in [-0.2, 0) is 11.8 Å². The lowest BCUT2D eigenvalue weighted by Crippen LogP contribution is -2.04. The highest BCUT2D eigenvalue weighted by Crippen LogP contribution is 2.22. The van der Waals surface area contributed by atoms with E-state index in [9.17, 15) is 0 Å². The summed E-state index contributed by atoms with van der Waals surface area (Å²) >= 11 is 0. The molecule has 0 fully saturated rings. The molecule has 0 unspecified atom stereocenters. The van der Waals surface area contributed by atoms with Crippen LogP contribution >= 0.6 is 0 Å². The zero-order chi connectivity index (χ0) is 10.7. The Labute approximate surface area is 87.6 Å². The summed E-state index contributed by atoms with van der Waals surface area (Å²) in [4.78, 5) is 0. The first kappa shape index (κ1) is 9.92. The second kappa shape index (κ2) is 4.27. The highest BCUT2D eigenvalue weighted by molar-refractivity contribution is 5.80. The molecule has 5 heteroatoms. The number of nitrogens with zero attached hydrogens (tertiary/aromatic N) is 3. The van der Waals surface area contributed by atoms with Gasteiger partial charge in [0.05, 0.1) is 12.1 Å². The molecule has 0 bridgehead atoms. The van der Waals surface area contributed by atoms with Crippen LogP contribution in [0.15, 0.2) is 18.2 Å². The normalized spacial score (nSPS) is 10.8. The number of benzene rings is 1. The van der Waals surface area contributed by atoms with Crippen molar-refractivity contribution >= 4 is 11.0 Å². The number of fused-ring (bicyclic) bond motifs is 1. The van der Waals surface area contributed by atoms with Gasteiger partial charge in [-0.05, 0) is 12.1 Å². The molecule has 0 aliphatic rings. The van der Waals surface area contributed by atoms with E-state index in [0.29, 0.717) is 13.2 Å². The van der Waals surface area contributed by atoms with E-state index in [1.807, 2.05) is 25.2 Å². The summed E-state index contributed by atoms with van der Waals surface area (Å²) in [7, 11) is 3.50. The molecule has 5 nitrogen and oxygen atoms in total. The maximum atomic E-state index is 5.53. The van der Waals surface area contributed by atoms with Gasteiger partial charge in [-0.2, -0.15) is 0 Å². The average molecular weight is 207 g/mol. The Morgan fingerprint density at radius 2 is 2.20 bits per heavy atom. The molecule has 0 aliphatic heterocycles. The molecule has 0 saturated carbocycles. The number of methoxy groups -OCH3 is 1. The van der Waals surface area contributed by atoms with Crippen LogP contribution in [0.5, 0.6) is 5.75 Å². The molecule has 0 atom stereocenters. The van der Waals surface area contributed by atoms with Crippen LogP contribution in [0, 0.1) is 0 Å². The summed E-state index contributed by atoms with van der Waals surface area (Å²) in [6, 6.07) is 5.76. The van der Waals surface area contributed by atoms with Gasteiger partial charge >= 0.3 is 0 Å². The van der Waals surface area contributed by atoms with E-state index in [1.54, 1.807) is 11.8 Å². The first-order chi connectivity index (χ1) is 7.33. The van der Waals surface area contributed by atoms with Crippen molar-refractivity contribution in [2.75, 3.05) is 20.3 Å². The minimum absolute atomic E-state index is 0.520. The maximum Gasteiger partial charge on any atom is 0.155 e. The zero-order valence-corrected chi connectivity index (χ0v) is 8.80. The number of ether oxygens (including phenoxy) is 2. The molecular formula is C10H13N3O2. The van der Waals surface area contributed by atoms with Crippen molar-refractivity contribution in [2.45, 2.75) is 0 Å². The summed E-state index contributed by atoms with van der Waals surface area (Å²) in [5, 5.41) is 7.98. The van der Waals surface area contributed by atoms with Gasteiger partial charge < -0.3 is 9.47 Å². The smallest absolute Gasteiger partial charge is 0.155 e. The van der Waals surface area contributed by atoms with Gasteiger partial charge in [0.15, 0.2) is 5.52 Å². The highest BCUT2D eigenvalue weighted by Gasteiger charge is 2.06. The predicted octanol–water partition coefficient (Wildman–Crippen LogP) is 0.994.